The zero-order valence-corrected chi connectivity index (χ0v) is 20.4. The maximum absolute atomic E-state index is 13.6. The van der Waals surface area contributed by atoms with E-state index < -0.39 is 6.04 Å². The average molecular weight is 497 g/mol. The number of pyridine rings is 1. The van der Waals surface area contributed by atoms with E-state index in [1.165, 1.54) is 29.1 Å². The van der Waals surface area contributed by atoms with Crippen molar-refractivity contribution in [1.29, 1.82) is 0 Å². The maximum atomic E-state index is 13.6. The molecule has 4 rings (SSSR count). The number of rotatable bonds is 9. The molecule has 0 aromatic carbocycles. The molecule has 1 fully saturated rings. The van der Waals surface area contributed by atoms with Gasteiger partial charge in [0, 0.05) is 28.9 Å². The second-order valence-electron chi connectivity index (χ2n) is 8.29. The van der Waals surface area contributed by atoms with Crippen LogP contribution in [-0.4, -0.2) is 40.2 Å². The van der Waals surface area contributed by atoms with Crippen LogP contribution in [0, 0.1) is 0 Å². The number of hydrogen-bond acceptors (Lipinski definition) is 6. The molecule has 1 aliphatic carbocycles. The minimum Gasteiger partial charge on any atom is -0.351 e. The van der Waals surface area contributed by atoms with Crippen molar-refractivity contribution in [3.63, 3.8) is 0 Å². The summed E-state index contributed by atoms with van der Waals surface area (Å²) in [7, 11) is 0. The summed E-state index contributed by atoms with van der Waals surface area (Å²) in [5, 5.41) is 9.64. The van der Waals surface area contributed by atoms with Gasteiger partial charge in [-0.15, -0.1) is 22.7 Å². The van der Waals surface area contributed by atoms with E-state index in [0.29, 0.717) is 10.4 Å². The van der Waals surface area contributed by atoms with Crippen LogP contribution in [0.4, 0.5) is 0 Å². The van der Waals surface area contributed by atoms with Crippen LogP contribution >= 0.6 is 22.7 Å². The third-order valence-corrected chi connectivity index (χ3v) is 7.61. The summed E-state index contributed by atoms with van der Waals surface area (Å²) in [6.07, 6.45) is 8.54. The Kier molecular flexibility index (Phi) is 8.43. The molecule has 3 heterocycles. The number of carbonyl (C=O) groups is 3. The van der Waals surface area contributed by atoms with Gasteiger partial charge < -0.3 is 15.5 Å². The number of nitrogens with one attached hydrogen (secondary N) is 2. The van der Waals surface area contributed by atoms with Crippen LogP contribution in [0.5, 0.6) is 0 Å². The van der Waals surface area contributed by atoms with Gasteiger partial charge in [0.1, 0.15) is 6.04 Å². The molecule has 1 saturated carbocycles. The van der Waals surface area contributed by atoms with Crippen LogP contribution in [0.25, 0.3) is 0 Å². The van der Waals surface area contributed by atoms with Crippen LogP contribution in [0.2, 0.25) is 0 Å². The fourth-order valence-electron chi connectivity index (χ4n) is 4.18. The first-order valence-corrected chi connectivity index (χ1v) is 13.2. The Hall–Kier alpha value is -3.04. The van der Waals surface area contributed by atoms with Gasteiger partial charge in [-0.3, -0.25) is 19.4 Å². The van der Waals surface area contributed by atoms with Gasteiger partial charge in [0.15, 0.2) is 0 Å². The van der Waals surface area contributed by atoms with Gasteiger partial charge in [-0.05, 0) is 41.8 Å². The largest absolute Gasteiger partial charge is 0.351 e. The molecular formula is C25H28N4O3S2. The molecule has 3 aromatic heterocycles. The van der Waals surface area contributed by atoms with Crippen molar-refractivity contribution < 1.29 is 14.4 Å². The Balaban J connectivity index is 1.58. The van der Waals surface area contributed by atoms with Gasteiger partial charge in [0.25, 0.3) is 5.91 Å². The molecule has 3 amide bonds. The molecule has 34 heavy (non-hydrogen) atoms. The van der Waals surface area contributed by atoms with Gasteiger partial charge in [0.05, 0.1) is 18.0 Å². The highest BCUT2D eigenvalue weighted by Gasteiger charge is 2.33. The van der Waals surface area contributed by atoms with Crippen molar-refractivity contribution in [2.45, 2.75) is 50.7 Å². The summed E-state index contributed by atoms with van der Waals surface area (Å²) in [5.41, 5.74) is 0.644. The second-order valence-corrected chi connectivity index (χ2v) is 10.3. The lowest BCUT2D eigenvalue weighted by atomic mass is 9.95. The number of thiophene rings is 2. The lowest BCUT2D eigenvalue weighted by Gasteiger charge is -2.33. The molecule has 0 unspecified atom stereocenters. The SMILES string of the molecule is O=C(NCC(=O)N(Cc1cccs1)[C@@H](C(=O)NC1CCCCC1)c1cccnc1)c1cccs1. The molecule has 0 bridgehead atoms. The quantitative estimate of drug-likeness (QED) is 0.466. The molecule has 9 heteroatoms. The Bertz CT molecular complexity index is 1070. The number of carbonyl (C=O) groups excluding carboxylic acids is 3. The summed E-state index contributed by atoms with van der Waals surface area (Å²) < 4.78 is 0. The zero-order valence-electron chi connectivity index (χ0n) is 18.8. The predicted molar refractivity (Wildman–Crippen MR) is 134 cm³/mol. The first-order valence-electron chi connectivity index (χ1n) is 11.5. The van der Waals surface area contributed by atoms with E-state index in [4.69, 9.17) is 0 Å². The van der Waals surface area contributed by atoms with Crippen LogP contribution in [0.3, 0.4) is 0 Å². The highest BCUT2D eigenvalue weighted by molar-refractivity contribution is 7.12. The number of aromatic nitrogens is 1. The summed E-state index contributed by atoms with van der Waals surface area (Å²) in [6.45, 7) is 0.0681. The normalized spacial score (nSPS) is 14.8. The molecule has 0 aliphatic heterocycles. The lowest BCUT2D eigenvalue weighted by molar-refractivity contribution is -0.141. The van der Waals surface area contributed by atoms with E-state index in [-0.39, 0.29) is 36.9 Å². The fraction of sp³-hybridized carbons (Fsp3) is 0.360. The van der Waals surface area contributed by atoms with E-state index in [1.807, 2.05) is 29.0 Å². The average Bonchev–Trinajstić information content (AvgIpc) is 3.58. The van der Waals surface area contributed by atoms with Crippen molar-refractivity contribution in [1.82, 2.24) is 20.5 Å². The third-order valence-electron chi connectivity index (χ3n) is 5.88. The second kappa shape index (κ2) is 11.9. The van der Waals surface area contributed by atoms with Crippen molar-refractivity contribution in [2.24, 2.45) is 0 Å². The van der Waals surface area contributed by atoms with Crippen LogP contribution in [-0.2, 0) is 16.1 Å². The summed E-state index contributed by atoms with van der Waals surface area (Å²) >= 11 is 2.84. The fourth-order valence-corrected chi connectivity index (χ4v) is 5.53. The topological polar surface area (TPSA) is 91.4 Å². The lowest BCUT2D eigenvalue weighted by Crippen LogP contribution is -2.49. The highest BCUT2D eigenvalue weighted by atomic mass is 32.1. The zero-order chi connectivity index (χ0) is 23.8. The molecule has 2 N–H and O–H groups in total. The first-order chi connectivity index (χ1) is 16.6. The van der Waals surface area contributed by atoms with Crippen molar-refractivity contribution >= 4 is 40.4 Å². The first kappa shape index (κ1) is 24.1. The monoisotopic (exact) mass is 496 g/mol. The maximum Gasteiger partial charge on any atom is 0.261 e. The molecule has 0 radical (unpaired) electrons. The molecular weight excluding hydrogens is 468 g/mol. The molecule has 3 aromatic rings. The standard InChI is InChI=1S/C25H28N4O3S2/c30-22(16-27-24(31)21-11-6-14-34-21)29(17-20-10-5-13-33-20)23(18-7-4-12-26-15-18)25(32)28-19-8-2-1-3-9-19/h4-7,10-15,19,23H,1-3,8-9,16-17H2,(H,27,31)(H,28,32)/t23-/m1/s1. The van der Waals surface area contributed by atoms with Crippen LogP contribution in [0.15, 0.2) is 59.6 Å². The van der Waals surface area contributed by atoms with E-state index in [2.05, 4.69) is 15.6 Å². The molecule has 1 aliphatic rings. The minimum absolute atomic E-state index is 0.109. The Labute approximate surface area is 207 Å². The third kappa shape index (κ3) is 6.30. The molecule has 0 saturated heterocycles. The summed E-state index contributed by atoms with van der Waals surface area (Å²) in [5.74, 6) is -0.843. The number of nitrogens with zero attached hydrogens (tertiary/aromatic N) is 2. The van der Waals surface area contributed by atoms with Gasteiger partial charge in [0.2, 0.25) is 11.8 Å². The molecule has 178 valence electrons. The van der Waals surface area contributed by atoms with Crippen molar-refractivity contribution in [3.8, 4) is 0 Å². The molecule has 7 nitrogen and oxygen atoms in total. The smallest absolute Gasteiger partial charge is 0.261 e. The van der Waals surface area contributed by atoms with Crippen molar-refractivity contribution in [3.05, 3.63) is 74.9 Å². The Morgan fingerprint density at radius 3 is 2.50 bits per heavy atom. The van der Waals surface area contributed by atoms with E-state index in [1.54, 1.807) is 35.5 Å². The van der Waals surface area contributed by atoms with Gasteiger partial charge in [-0.2, -0.15) is 0 Å². The Morgan fingerprint density at radius 2 is 1.82 bits per heavy atom. The van der Waals surface area contributed by atoms with Crippen LogP contribution < -0.4 is 10.6 Å². The number of hydrogen-bond donors (Lipinski definition) is 2. The van der Waals surface area contributed by atoms with Crippen LogP contribution in [0.1, 0.15) is 58.3 Å². The van der Waals surface area contributed by atoms with Gasteiger partial charge in [-0.25, -0.2) is 0 Å². The van der Waals surface area contributed by atoms with Crippen molar-refractivity contribution in [2.75, 3.05) is 6.54 Å². The summed E-state index contributed by atoms with van der Waals surface area (Å²) in [4.78, 5) is 46.7. The van der Waals surface area contributed by atoms with Gasteiger partial charge >= 0.3 is 0 Å². The van der Waals surface area contributed by atoms with E-state index >= 15 is 0 Å². The molecule has 0 spiro atoms. The minimum atomic E-state index is -0.844. The highest BCUT2D eigenvalue weighted by Crippen LogP contribution is 2.26. The molecule has 1 atom stereocenters. The summed E-state index contributed by atoms with van der Waals surface area (Å²) in [6, 6.07) is 10.2. The van der Waals surface area contributed by atoms with E-state index in [9.17, 15) is 14.4 Å². The Morgan fingerprint density at radius 1 is 1.03 bits per heavy atom. The van der Waals surface area contributed by atoms with Gasteiger partial charge in [-0.1, -0.05) is 37.5 Å². The number of amides is 3. The van der Waals surface area contributed by atoms with E-state index in [0.717, 1.165) is 30.6 Å². The predicted octanol–water partition coefficient (Wildman–Crippen LogP) is 4.15.